The van der Waals surface area contributed by atoms with Gasteiger partial charge in [0.15, 0.2) is 5.95 Å². The molecule has 4 aromatic rings. The van der Waals surface area contributed by atoms with Crippen molar-refractivity contribution in [2.75, 3.05) is 5.73 Å². The Balaban J connectivity index is 1.81. The summed E-state index contributed by atoms with van der Waals surface area (Å²) < 4.78 is 0. The summed E-state index contributed by atoms with van der Waals surface area (Å²) in [5.41, 5.74) is 10.3. The summed E-state index contributed by atoms with van der Waals surface area (Å²) in [6.07, 6.45) is 1.80. The number of halogens is 1. The zero-order valence-corrected chi connectivity index (χ0v) is 12.2. The normalized spacial score (nSPS) is 11.1. The average Bonchev–Trinajstić information content (AvgIpc) is 3.13. The largest absolute Gasteiger partial charge is 0.369 e. The van der Waals surface area contributed by atoms with Gasteiger partial charge in [-0.25, -0.2) is 9.97 Å². The van der Waals surface area contributed by atoms with Crippen LogP contribution in [0.15, 0.2) is 48.7 Å². The van der Waals surface area contributed by atoms with Gasteiger partial charge in [-0.3, -0.25) is 0 Å². The second-order valence-electron chi connectivity index (χ2n) is 4.98. The Bertz CT molecular complexity index is 952. The molecular formula is C16H12ClN5. The molecule has 4 N–H and O–H groups in total. The highest BCUT2D eigenvalue weighted by molar-refractivity contribution is 6.30. The Labute approximate surface area is 131 Å². The van der Waals surface area contributed by atoms with E-state index in [1.54, 1.807) is 6.20 Å². The van der Waals surface area contributed by atoms with E-state index >= 15 is 0 Å². The first-order valence-electron chi connectivity index (χ1n) is 6.76. The molecule has 0 atom stereocenters. The van der Waals surface area contributed by atoms with Crippen LogP contribution in [0.5, 0.6) is 0 Å². The summed E-state index contributed by atoms with van der Waals surface area (Å²) in [6.45, 7) is 0. The summed E-state index contributed by atoms with van der Waals surface area (Å²) >= 11 is 5.92. The van der Waals surface area contributed by atoms with Gasteiger partial charge >= 0.3 is 0 Å². The minimum Gasteiger partial charge on any atom is -0.369 e. The number of imidazole rings is 2. The van der Waals surface area contributed by atoms with Gasteiger partial charge in [-0.2, -0.15) is 0 Å². The molecule has 2 heterocycles. The van der Waals surface area contributed by atoms with E-state index < -0.39 is 0 Å². The van der Waals surface area contributed by atoms with Gasteiger partial charge in [0.25, 0.3) is 0 Å². The number of nitrogens with zero attached hydrogens (tertiary/aromatic N) is 2. The van der Waals surface area contributed by atoms with Crippen molar-refractivity contribution in [1.29, 1.82) is 0 Å². The minimum atomic E-state index is 0.395. The first-order valence-corrected chi connectivity index (χ1v) is 7.14. The molecular weight excluding hydrogens is 298 g/mol. The smallest absolute Gasteiger partial charge is 0.198 e. The van der Waals surface area contributed by atoms with E-state index in [1.807, 2.05) is 42.5 Å². The SMILES string of the molecule is Nc1nc2c(-c3ncc(-c4ccc(Cl)cc4)[nH]3)cccc2[nH]1. The van der Waals surface area contributed by atoms with Crippen LogP contribution in [0.4, 0.5) is 5.95 Å². The van der Waals surface area contributed by atoms with Crippen molar-refractivity contribution in [3.05, 3.63) is 53.7 Å². The van der Waals surface area contributed by atoms with Crippen LogP contribution in [-0.2, 0) is 0 Å². The maximum Gasteiger partial charge on any atom is 0.198 e. The van der Waals surface area contributed by atoms with E-state index in [9.17, 15) is 0 Å². The molecule has 0 radical (unpaired) electrons. The van der Waals surface area contributed by atoms with Gasteiger partial charge in [0.1, 0.15) is 11.3 Å². The second-order valence-corrected chi connectivity index (χ2v) is 5.41. The van der Waals surface area contributed by atoms with Gasteiger partial charge in [0.05, 0.1) is 17.4 Å². The van der Waals surface area contributed by atoms with Crippen LogP contribution in [0.3, 0.4) is 0 Å². The van der Waals surface area contributed by atoms with Gasteiger partial charge in [0, 0.05) is 10.6 Å². The molecule has 108 valence electrons. The summed E-state index contributed by atoms with van der Waals surface area (Å²) in [4.78, 5) is 15.1. The minimum absolute atomic E-state index is 0.395. The van der Waals surface area contributed by atoms with Gasteiger partial charge < -0.3 is 15.7 Å². The van der Waals surface area contributed by atoms with Crippen LogP contribution in [0.2, 0.25) is 5.02 Å². The van der Waals surface area contributed by atoms with Gasteiger partial charge in [-0.05, 0) is 29.8 Å². The Morgan fingerprint density at radius 1 is 1.00 bits per heavy atom. The standard InChI is InChI=1S/C16H12ClN5/c17-10-6-4-9(5-7-10)13-8-19-15(20-13)11-2-1-3-12-14(11)22-16(18)21-12/h1-8H,(H,19,20)(H3,18,21,22). The third-order valence-corrected chi connectivity index (χ3v) is 3.77. The maximum absolute atomic E-state index is 5.92. The molecule has 6 heteroatoms. The Kier molecular flexibility index (Phi) is 2.87. The first-order chi connectivity index (χ1) is 10.7. The third-order valence-electron chi connectivity index (χ3n) is 3.52. The van der Waals surface area contributed by atoms with Crippen LogP contribution >= 0.6 is 11.6 Å². The van der Waals surface area contributed by atoms with E-state index in [4.69, 9.17) is 17.3 Å². The number of anilines is 1. The fraction of sp³-hybridized carbons (Fsp3) is 0. The number of nitrogen functional groups attached to an aromatic ring is 1. The molecule has 0 fully saturated rings. The molecule has 2 aromatic carbocycles. The molecule has 0 unspecified atom stereocenters. The van der Waals surface area contributed by atoms with Gasteiger partial charge in [-0.15, -0.1) is 0 Å². The maximum atomic E-state index is 5.92. The van der Waals surface area contributed by atoms with Gasteiger partial charge in [0.2, 0.25) is 0 Å². The fourth-order valence-electron chi connectivity index (χ4n) is 2.48. The highest BCUT2D eigenvalue weighted by Crippen LogP contribution is 2.28. The lowest BCUT2D eigenvalue weighted by Gasteiger charge is -1.99. The molecule has 0 bridgehead atoms. The Morgan fingerprint density at radius 2 is 1.82 bits per heavy atom. The number of nitrogens with one attached hydrogen (secondary N) is 2. The molecule has 0 saturated carbocycles. The summed E-state index contributed by atoms with van der Waals surface area (Å²) in [7, 11) is 0. The number of H-pyrrole nitrogens is 2. The van der Waals surface area contributed by atoms with Crippen molar-refractivity contribution in [2.24, 2.45) is 0 Å². The zero-order valence-electron chi connectivity index (χ0n) is 11.5. The quantitative estimate of drug-likeness (QED) is 0.526. The molecule has 2 aromatic heterocycles. The van der Waals surface area contributed by atoms with E-state index in [-0.39, 0.29) is 0 Å². The Hall–Kier alpha value is -2.79. The summed E-state index contributed by atoms with van der Waals surface area (Å²) in [5.74, 6) is 1.15. The van der Waals surface area contributed by atoms with Crippen molar-refractivity contribution in [3.63, 3.8) is 0 Å². The molecule has 5 nitrogen and oxygen atoms in total. The van der Waals surface area contributed by atoms with Crippen molar-refractivity contribution in [1.82, 2.24) is 19.9 Å². The number of hydrogen-bond donors (Lipinski definition) is 3. The third kappa shape index (κ3) is 2.12. The first kappa shape index (κ1) is 12.9. The predicted octanol–water partition coefficient (Wildman–Crippen LogP) is 3.86. The Morgan fingerprint density at radius 3 is 2.64 bits per heavy atom. The molecule has 4 rings (SSSR count). The number of para-hydroxylation sites is 1. The van der Waals surface area contributed by atoms with Crippen molar-refractivity contribution in [2.45, 2.75) is 0 Å². The van der Waals surface area contributed by atoms with Crippen molar-refractivity contribution in [3.8, 4) is 22.6 Å². The van der Waals surface area contributed by atoms with E-state index in [1.165, 1.54) is 0 Å². The van der Waals surface area contributed by atoms with Crippen LogP contribution in [0, 0.1) is 0 Å². The lowest BCUT2D eigenvalue weighted by molar-refractivity contribution is 1.31. The lowest BCUT2D eigenvalue weighted by Crippen LogP contribution is -1.85. The number of benzene rings is 2. The fourth-order valence-corrected chi connectivity index (χ4v) is 2.60. The van der Waals surface area contributed by atoms with Crippen molar-refractivity contribution >= 4 is 28.6 Å². The molecule has 0 aliphatic carbocycles. The van der Waals surface area contributed by atoms with Gasteiger partial charge in [-0.1, -0.05) is 29.8 Å². The number of aromatic amines is 2. The molecule has 0 amide bonds. The number of fused-ring (bicyclic) bond motifs is 1. The average molecular weight is 310 g/mol. The molecule has 0 aliphatic heterocycles. The number of aromatic nitrogens is 4. The molecule has 0 aliphatic rings. The summed E-state index contributed by atoms with van der Waals surface area (Å²) in [6, 6.07) is 13.5. The monoisotopic (exact) mass is 309 g/mol. The topological polar surface area (TPSA) is 83.4 Å². The van der Waals surface area contributed by atoms with Crippen LogP contribution in [0.25, 0.3) is 33.7 Å². The number of rotatable bonds is 2. The zero-order chi connectivity index (χ0) is 15.1. The number of nitrogens with two attached hydrogens (primary N) is 1. The van der Waals surface area contributed by atoms with Crippen molar-refractivity contribution < 1.29 is 0 Å². The van der Waals surface area contributed by atoms with E-state index in [2.05, 4.69) is 19.9 Å². The summed E-state index contributed by atoms with van der Waals surface area (Å²) in [5, 5.41) is 0.709. The second kappa shape index (κ2) is 4.89. The highest BCUT2D eigenvalue weighted by Gasteiger charge is 2.11. The lowest BCUT2D eigenvalue weighted by atomic mass is 10.1. The van der Waals surface area contributed by atoms with E-state index in [0.717, 1.165) is 33.7 Å². The number of hydrogen-bond acceptors (Lipinski definition) is 3. The highest BCUT2D eigenvalue weighted by atomic mass is 35.5. The molecule has 0 saturated heterocycles. The molecule has 0 spiro atoms. The molecule has 22 heavy (non-hydrogen) atoms. The van der Waals surface area contributed by atoms with Crippen LogP contribution in [-0.4, -0.2) is 19.9 Å². The predicted molar refractivity (Wildman–Crippen MR) is 88.5 cm³/mol. The van der Waals surface area contributed by atoms with Crippen LogP contribution in [0.1, 0.15) is 0 Å². The van der Waals surface area contributed by atoms with Crippen LogP contribution < -0.4 is 5.73 Å². The van der Waals surface area contributed by atoms with E-state index in [0.29, 0.717) is 11.0 Å².